The van der Waals surface area contributed by atoms with Crippen molar-refractivity contribution in [2.45, 2.75) is 34.6 Å². The van der Waals surface area contributed by atoms with E-state index in [1.807, 2.05) is 65.0 Å². The maximum absolute atomic E-state index is 13.2. The lowest BCUT2D eigenvalue weighted by molar-refractivity contribution is -0.137. The number of halogens is 1. The minimum Gasteiger partial charge on any atom is -0.350 e. The number of aryl methyl sites for hydroxylation is 3. The molecule has 0 bridgehead atoms. The summed E-state index contributed by atoms with van der Waals surface area (Å²) in [5.74, 6) is -0.354. The van der Waals surface area contributed by atoms with Crippen molar-refractivity contribution in [2.24, 2.45) is 5.92 Å². The molecule has 2 aromatic rings. The van der Waals surface area contributed by atoms with Crippen LogP contribution in [0.15, 0.2) is 42.1 Å². The minimum atomic E-state index is -0.289. The average Bonchev–Trinajstić information content (AvgIpc) is 2.82. The second-order valence-electron chi connectivity index (χ2n) is 7.77. The van der Waals surface area contributed by atoms with Gasteiger partial charge in [-0.1, -0.05) is 49.2 Å². The third kappa shape index (κ3) is 3.83. The lowest BCUT2D eigenvalue weighted by Crippen LogP contribution is -2.35. The van der Waals surface area contributed by atoms with Crippen LogP contribution >= 0.6 is 11.6 Å². The first-order chi connectivity index (χ1) is 13.2. The monoisotopic (exact) mass is 396 g/mol. The summed E-state index contributed by atoms with van der Waals surface area (Å²) < 4.78 is 0. The fraction of sp³-hybridized carbons (Fsp3) is 0.304. The lowest BCUT2D eigenvalue weighted by atomic mass is 9.97. The van der Waals surface area contributed by atoms with Crippen LogP contribution in [0, 0.1) is 26.7 Å². The van der Waals surface area contributed by atoms with E-state index in [4.69, 9.17) is 11.6 Å². The van der Waals surface area contributed by atoms with Crippen LogP contribution in [0.25, 0.3) is 5.57 Å². The Labute approximate surface area is 171 Å². The number of hydrogen-bond donors (Lipinski definition) is 1. The average molecular weight is 397 g/mol. The van der Waals surface area contributed by atoms with Gasteiger partial charge in [-0.25, -0.2) is 0 Å². The molecule has 1 N–H and O–H groups in total. The van der Waals surface area contributed by atoms with Gasteiger partial charge in [0.15, 0.2) is 0 Å². The third-order valence-corrected chi connectivity index (χ3v) is 5.05. The van der Waals surface area contributed by atoms with Gasteiger partial charge >= 0.3 is 0 Å². The minimum absolute atomic E-state index is 0.185. The van der Waals surface area contributed by atoms with Gasteiger partial charge < -0.3 is 5.32 Å². The molecular formula is C23H25ClN2O2. The summed E-state index contributed by atoms with van der Waals surface area (Å²) in [6.07, 6.45) is 0. The predicted molar refractivity (Wildman–Crippen MR) is 114 cm³/mol. The van der Waals surface area contributed by atoms with Crippen molar-refractivity contribution in [3.8, 4) is 0 Å². The van der Waals surface area contributed by atoms with E-state index in [9.17, 15) is 9.59 Å². The van der Waals surface area contributed by atoms with Crippen LogP contribution in [0.2, 0.25) is 5.02 Å². The van der Waals surface area contributed by atoms with Crippen LogP contribution in [-0.2, 0) is 9.59 Å². The van der Waals surface area contributed by atoms with Crippen LogP contribution in [0.3, 0.4) is 0 Å². The summed E-state index contributed by atoms with van der Waals surface area (Å²) in [6, 6.07) is 11.3. The summed E-state index contributed by atoms with van der Waals surface area (Å²) in [5.41, 5.74) is 5.27. The van der Waals surface area contributed by atoms with Crippen LogP contribution in [0.4, 0.5) is 5.69 Å². The van der Waals surface area contributed by atoms with E-state index in [1.165, 1.54) is 4.90 Å². The van der Waals surface area contributed by atoms with Crippen LogP contribution in [0.5, 0.6) is 0 Å². The van der Waals surface area contributed by atoms with Crippen molar-refractivity contribution in [3.63, 3.8) is 0 Å². The van der Waals surface area contributed by atoms with Crippen molar-refractivity contribution in [1.29, 1.82) is 0 Å². The quantitative estimate of drug-likeness (QED) is 0.714. The van der Waals surface area contributed by atoms with Gasteiger partial charge in [-0.2, -0.15) is 0 Å². The van der Waals surface area contributed by atoms with Crippen molar-refractivity contribution < 1.29 is 9.59 Å². The predicted octanol–water partition coefficient (Wildman–Crippen LogP) is 5.11. The molecule has 0 fully saturated rings. The molecule has 1 aliphatic rings. The highest BCUT2D eigenvalue weighted by molar-refractivity contribution is 6.36. The first-order valence-corrected chi connectivity index (χ1v) is 9.78. The van der Waals surface area contributed by atoms with E-state index in [0.717, 1.165) is 27.9 Å². The molecule has 4 nitrogen and oxygen atoms in total. The van der Waals surface area contributed by atoms with Crippen LogP contribution in [-0.4, -0.2) is 23.3 Å². The fourth-order valence-corrected chi connectivity index (χ4v) is 3.70. The zero-order valence-electron chi connectivity index (χ0n) is 16.9. The van der Waals surface area contributed by atoms with Gasteiger partial charge in [-0.3, -0.25) is 14.5 Å². The largest absolute Gasteiger partial charge is 0.350 e. The summed E-state index contributed by atoms with van der Waals surface area (Å²) >= 11 is 6.06. The SMILES string of the molecule is Cc1ccc(C2=C(Nc3ccc(Cl)cc3C)C(=O)N(CC(C)C)C2=O)c(C)c1. The van der Waals surface area contributed by atoms with Gasteiger partial charge in [0, 0.05) is 17.3 Å². The standard InChI is InChI=1S/C23H25ClN2O2/c1-13(2)12-26-22(27)20(18-8-6-14(3)10-15(18)4)21(23(26)28)25-19-9-7-17(24)11-16(19)5/h6-11,13,25H,12H2,1-5H3. The molecule has 0 atom stereocenters. The molecule has 0 radical (unpaired) electrons. The second-order valence-corrected chi connectivity index (χ2v) is 8.20. The number of imide groups is 1. The zero-order valence-corrected chi connectivity index (χ0v) is 17.6. The van der Waals surface area contributed by atoms with Gasteiger partial charge in [0.1, 0.15) is 5.70 Å². The molecule has 2 amide bonds. The molecule has 5 heteroatoms. The fourth-order valence-electron chi connectivity index (χ4n) is 3.47. The Kier molecular flexibility index (Phi) is 5.61. The zero-order chi connectivity index (χ0) is 20.6. The highest BCUT2D eigenvalue weighted by Gasteiger charge is 2.39. The molecule has 0 saturated carbocycles. The Morgan fingerprint density at radius 1 is 0.964 bits per heavy atom. The van der Waals surface area contributed by atoms with Gasteiger partial charge in [0.2, 0.25) is 0 Å². The molecule has 0 aromatic heterocycles. The molecule has 146 valence electrons. The summed E-state index contributed by atoms with van der Waals surface area (Å²) in [4.78, 5) is 27.7. The maximum Gasteiger partial charge on any atom is 0.278 e. The number of anilines is 1. The van der Waals surface area contributed by atoms with E-state index in [2.05, 4.69) is 5.32 Å². The number of rotatable bonds is 5. The molecule has 0 saturated heterocycles. The molecular weight excluding hydrogens is 372 g/mol. The number of nitrogens with one attached hydrogen (secondary N) is 1. The number of carbonyl (C=O) groups is 2. The van der Waals surface area contributed by atoms with Gasteiger partial charge in [0.05, 0.1) is 5.57 Å². The number of benzene rings is 2. The first-order valence-electron chi connectivity index (χ1n) is 9.40. The number of amides is 2. The lowest BCUT2D eigenvalue weighted by Gasteiger charge is -2.17. The van der Waals surface area contributed by atoms with E-state index in [-0.39, 0.29) is 17.7 Å². The Hall–Kier alpha value is -2.59. The molecule has 28 heavy (non-hydrogen) atoms. The molecule has 2 aromatic carbocycles. The van der Waals surface area contributed by atoms with Crippen molar-refractivity contribution in [2.75, 3.05) is 11.9 Å². The highest BCUT2D eigenvalue weighted by atomic mass is 35.5. The number of nitrogens with zero attached hydrogens (tertiary/aromatic N) is 1. The maximum atomic E-state index is 13.2. The van der Waals surface area contributed by atoms with Crippen molar-refractivity contribution in [3.05, 3.63) is 69.4 Å². The normalized spacial score (nSPS) is 14.5. The summed E-state index contributed by atoms with van der Waals surface area (Å²) in [7, 11) is 0. The molecule has 0 unspecified atom stereocenters. The van der Waals surface area contributed by atoms with Gasteiger partial charge in [-0.05, 0) is 61.6 Å². The number of hydrogen-bond acceptors (Lipinski definition) is 3. The molecule has 0 aliphatic carbocycles. The third-order valence-electron chi connectivity index (χ3n) is 4.82. The van der Waals surface area contributed by atoms with Gasteiger partial charge in [0.25, 0.3) is 11.8 Å². The topological polar surface area (TPSA) is 49.4 Å². The Morgan fingerprint density at radius 3 is 2.29 bits per heavy atom. The van der Waals surface area contributed by atoms with E-state index >= 15 is 0 Å². The second kappa shape index (κ2) is 7.80. The van der Waals surface area contributed by atoms with Gasteiger partial charge in [-0.15, -0.1) is 0 Å². The molecule has 0 spiro atoms. The summed E-state index contributed by atoms with van der Waals surface area (Å²) in [5, 5.41) is 3.85. The highest BCUT2D eigenvalue weighted by Crippen LogP contribution is 2.33. The Morgan fingerprint density at radius 2 is 1.68 bits per heavy atom. The first kappa shape index (κ1) is 20.2. The summed E-state index contributed by atoms with van der Waals surface area (Å²) in [6.45, 7) is 10.3. The van der Waals surface area contributed by atoms with Crippen molar-refractivity contribution in [1.82, 2.24) is 4.90 Å². The van der Waals surface area contributed by atoms with Crippen molar-refractivity contribution >= 4 is 34.7 Å². The molecule has 1 aliphatic heterocycles. The van der Waals surface area contributed by atoms with Crippen LogP contribution < -0.4 is 5.32 Å². The van der Waals surface area contributed by atoms with E-state index in [0.29, 0.717) is 22.8 Å². The number of carbonyl (C=O) groups excluding carboxylic acids is 2. The Balaban J connectivity index is 2.13. The van der Waals surface area contributed by atoms with E-state index < -0.39 is 0 Å². The molecule has 1 heterocycles. The van der Waals surface area contributed by atoms with E-state index in [1.54, 1.807) is 6.07 Å². The van der Waals surface area contributed by atoms with Crippen LogP contribution in [0.1, 0.15) is 36.1 Å². The smallest absolute Gasteiger partial charge is 0.278 e. The Bertz CT molecular complexity index is 992. The molecule has 3 rings (SSSR count).